The highest BCUT2D eigenvalue weighted by atomic mass is 32.2. The second-order valence-electron chi connectivity index (χ2n) is 7.35. The zero-order chi connectivity index (χ0) is 33.1. The van der Waals surface area contributed by atoms with Crippen molar-refractivity contribution in [2.75, 3.05) is 45.7 Å². The van der Waals surface area contributed by atoms with Crippen LogP contribution in [0.3, 0.4) is 0 Å². The molecule has 0 aromatic heterocycles. The predicted molar refractivity (Wildman–Crippen MR) is 164 cm³/mol. The summed E-state index contributed by atoms with van der Waals surface area (Å²) in [6.07, 6.45) is 6.26. The summed E-state index contributed by atoms with van der Waals surface area (Å²) in [6.45, 7) is 17.2. The minimum atomic E-state index is -2.67. The maximum atomic E-state index is 9.93. The molecule has 0 aromatic rings. The lowest BCUT2D eigenvalue weighted by Crippen LogP contribution is -2.18. The summed E-state index contributed by atoms with van der Waals surface area (Å²) in [4.78, 5) is 49.5. The molecule has 0 radical (unpaired) electrons. The van der Waals surface area contributed by atoms with Crippen molar-refractivity contribution in [3.8, 4) is 0 Å². The average Bonchev–Trinajstić information content (AvgIpc) is 2.66. The Morgan fingerprint density at radius 2 is 0.974 bits per heavy atom. The van der Waals surface area contributed by atoms with Crippen molar-refractivity contribution in [3.63, 3.8) is 0 Å². The molecule has 0 aliphatic carbocycles. The molecule has 0 saturated heterocycles. The van der Waals surface area contributed by atoms with Gasteiger partial charge in [0.25, 0.3) is 0 Å². The minimum Gasteiger partial charge on any atom is -0.469 e. The van der Waals surface area contributed by atoms with Crippen molar-refractivity contribution >= 4 is 67.1 Å². The summed E-state index contributed by atoms with van der Waals surface area (Å²) in [7, 11) is -0.329. The Balaban J connectivity index is -0.0000000453. The van der Waals surface area contributed by atoms with Gasteiger partial charge in [0.1, 0.15) is 21.4 Å². The van der Waals surface area contributed by atoms with E-state index in [9.17, 15) is 36.6 Å². The van der Waals surface area contributed by atoms with Crippen LogP contribution in [-0.4, -0.2) is 92.6 Å². The van der Waals surface area contributed by atoms with Gasteiger partial charge in [-0.3, -0.25) is 18.6 Å². The number of esters is 1. The zero-order valence-corrected chi connectivity index (χ0v) is 28.8. The molecule has 0 bridgehead atoms. The second kappa shape index (κ2) is 44.9. The van der Waals surface area contributed by atoms with Crippen LogP contribution in [0, 0.1) is 0 Å². The average molecular weight is 611 g/mol. The summed E-state index contributed by atoms with van der Waals surface area (Å²) < 4.78 is 32.9. The lowest BCUT2D eigenvalue weighted by Gasteiger charge is -1.88. The van der Waals surface area contributed by atoms with E-state index in [0.717, 1.165) is 23.9 Å². The number of Topliss-reactive ketones (excluding diaryl/α,β-unsaturated/α-hetero) is 2. The maximum Gasteiger partial charge on any atom is 0.302 e. The fourth-order valence-electron chi connectivity index (χ4n) is 0.249. The fraction of sp³-hybridized carbons (Fsp3) is 0.750. The van der Waals surface area contributed by atoms with Crippen LogP contribution in [0.1, 0.15) is 75.7 Å². The second-order valence-corrected chi connectivity index (χ2v) is 11.9. The van der Waals surface area contributed by atoms with Gasteiger partial charge in [0.15, 0.2) is 0 Å². The van der Waals surface area contributed by atoms with Gasteiger partial charge in [-0.05, 0) is 46.4 Å². The van der Waals surface area contributed by atoms with Gasteiger partial charge >= 0.3 is 5.97 Å². The summed E-state index contributed by atoms with van der Waals surface area (Å²) in [5.74, 6) is 0.220. The molecule has 0 aromatic carbocycles. The number of sulfone groups is 1. The molecular formula is C24H54N2O9S3. The normalized spacial score (nSPS) is 7.82. The van der Waals surface area contributed by atoms with Gasteiger partial charge in [0.05, 0.1) is 7.11 Å². The monoisotopic (exact) mass is 610 g/mol. The molecular weight excluding hydrogens is 556 g/mol. The molecule has 14 heteroatoms. The number of carbonyl (C=O) groups is 5. The molecule has 0 aliphatic rings. The number of carbonyl (C=O) groups excluding carboxylic acids is 5. The molecule has 2 amide bonds. The van der Waals surface area contributed by atoms with E-state index in [1.165, 1.54) is 41.7 Å². The van der Waals surface area contributed by atoms with E-state index >= 15 is 0 Å². The number of ketones is 2. The van der Waals surface area contributed by atoms with Crippen LogP contribution in [-0.2, 0) is 49.3 Å². The number of ether oxygens (including phenoxy) is 1. The molecule has 0 aliphatic heterocycles. The number of nitrogens with one attached hydrogen (secondary N) is 2. The largest absolute Gasteiger partial charge is 0.469 e. The maximum absolute atomic E-state index is 9.93. The number of hydrogen-bond acceptors (Lipinski definition) is 10. The molecule has 0 unspecified atom stereocenters. The van der Waals surface area contributed by atoms with Crippen LogP contribution >= 0.6 is 12.2 Å². The van der Waals surface area contributed by atoms with Crippen molar-refractivity contribution in [2.24, 2.45) is 0 Å². The van der Waals surface area contributed by atoms with E-state index in [2.05, 4.69) is 27.6 Å². The van der Waals surface area contributed by atoms with E-state index in [4.69, 9.17) is 0 Å². The third-order valence-corrected chi connectivity index (χ3v) is 1.56. The molecule has 38 heavy (non-hydrogen) atoms. The standard InChI is InChI=1S/C4H9NO.C4H8O.C3H7NO.C3H6O2.C3H6O.C3H6S.C2H6O2S.C2H6OS/c1-3-5-4(2)6;1-3-4(2)5;1-3(5)4-2;1-3(4)5-2;2*1-3(2)4;1-5(2,3)4;1-4(2)3/h3H2,1-2H3,(H,5,6);3H2,1-2H3;1-2H3,(H,4,5);1-2H3;2*1-2H3;1-2H3;1-2H3. The topological polar surface area (TPSA) is 170 Å². The summed E-state index contributed by atoms with van der Waals surface area (Å²) >= 11 is 4.54. The zero-order valence-electron chi connectivity index (χ0n) is 26.3. The lowest BCUT2D eigenvalue weighted by molar-refractivity contribution is -0.138. The fourth-order valence-corrected chi connectivity index (χ4v) is 0.249. The molecule has 0 atom stereocenters. The first-order valence-electron chi connectivity index (χ1n) is 11.1. The van der Waals surface area contributed by atoms with Gasteiger partial charge in [-0.25, -0.2) is 8.42 Å². The summed E-state index contributed by atoms with van der Waals surface area (Å²) in [5.41, 5.74) is 0. The molecule has 2 N–H and O–H groups in total. The number of rotatable bonds is 2. The highest BCUT2D eigenvalue weighted by molar-refractivity contribution is 7.89. The lowest BCUT2D eigenvalue weighted by atomic mass is 10.4. The Morgan fingerprint density at radius 1 is 0.816 bits per heavy atom. The van der Waals surface area contributed by atoms with Crippen LogP contribution in [0.2, 0.25) is 0 Å². The van der Waals surface area contributed by atoms with Crippen LogP contribution in [0.25, 0.3) is 0 Å². The molecule has 232 valence electrons. The minimum absolute atomic E-state index is 0.00463. The molecule has 0 rings (SSSR count). The molecule has 0 saturated carbocycles. The molecule has 0 spiro atoms. The van der Waals surface area contributed by atoms with E-state index in [0.29, 0.717) is 6.42 Å². The Kier molecular flexibility index (Phi) is 66.4. The first-order chi connectivity index (χ1) is 16.8. The van der Waals surface area contributed by atoms with Crippen LogP contribution in [0.5, 0.6) is 0 Å². The number of amides is 2. The van der Waals surface area contributed by atoms with Gasteiger partial charge < -0.3 is 25.0 Å². The van der Waals surface area contributed by atoms with Gasteiger partial charge in [-0.1, -0.05) is 19.1 Å². The van der Waals surface area contributed by atoms with E-state index in [1.54, 1.807) is 26.5 Å². The smallest absolute Gasteiger partial charge is 0.302 e. The van der Waals surface area contributed by atoms with Crippen molar-refractivity contribution < 1.29 is 41.3 Å². The van der Waals surface area contributed by atoms with Gasteiger partial charge in [-0.2, -0.15) is 0 Å². The van der Waals surface area contributed by atoms with Crippen LogP contribution in [0.15, 0.2) is 0 Å². The molecule has 0 heterocycles. The Hall–Kier alpha value is -2.06. The first-order valence-corrected chi connectivity index (χ1v) is 15.8. The Bertz CT molecular complexity index is 657. The van der Waals surface area contributed by atoms with Crippen molar-refractivity contribution in [1.29, 1.82) is 0 Å². The molecule has 11 nitrogen and oxygen atoms in total. The van der Waals surface area contributed by atoms with Crippen molar-refractivity contribution in [3.05, 3.63) is 0 Å². The van der Waals surface area contributed by atoms with E-state index < -0.39 is 20.6 Å². The van der Waals surface area contributed by atoms with Crippen molar-refractivity contribution in [2.45, 2.75) is 75.7 Å². The molecule has 0 fully saturated rings. The number of hydrogen-bond donors (Lipinski definition) is 2. The Labute approximate surface area is 240 Å². The van der Waals surface area contributed by atoms with Gasteiger partial charge in [-0.15, -0.1) is 0 Å². The van der Waals surface area contributed by atoms with Gasteiger partial charge in [0.2, 0.25) is 11.8 Å². The first kappa shape index (κ1) is 56.2. The highest BCUT2D eigenvalue weighted by Gasteiger charge is 1.80. The number of methoxy groups -OCH3 is 1. The van der Waals surface area contributed by atoms with Crippen LogP contribution in [0.4, 0.5) is 0 Å². The van der Waals surface area contributed by atoms with E-state index in [1.807, 2.05) is 27.7 Å². The number of thiocarbonyl (C=S) groups is 1. The summed E-state index contributed by atoms with van der Waals surface area (Å²) in [6, 6.07) is 0. The van der Waals surface area contributed by atoms with E-state index in [-0.39, 0.29) is 29.4 Å². The van der Waals surface area contributed by atoms with Gasteiger partial charge in [0, 0.05) is 76.6 Å². The highest BCUT2D eigenvalue weighted by Crippen LogP contribution is 1.71. The third kappa shape index (κ3) is 765. The third-order valence-electron chi connectivity index (χ3n) is 1.56. The Morgan fingerprint density at radius 3 is 0.974 bits per heavy atom. The van der Waals surface area contributed by atoms with Crippen LogP contribution < -0.4 is 10.6 Å². The summed E-state index contributed by atoms with van der Waals surface area (Å²) in [5, 5.41) is 4.96. The predicted octanol–water partition coefficient (Wildman–Crippen LogP) is 2.71. The quantitative estimate of drug-likeness (QED) is 0.350. The SMILES string of the molecule is CC(C)=O.CC(C)=S.CCC(C)=O.CCNC(C)=O.CNC(C)=O.COC(C)=O.CS(C)(=O)=O.CS(C)=O. The van der Waals surface area contributed by atoms with Crippen molar-refractivity contribution in [1.82, 2.24) is 10.6 Å².